The van der Waals surface area contributed by atoms with E-state index in [1.807, 2.05) is 19.9 Å². The molecule has 2 rings (SSSR count). The maximum atomic E-state index is 12.3. The highest BCUT2D eigenvalue weighted by molar-refractivity contribution is 5.78. The van der Waals surface area contributed by atoms with Crippen molar-refractivity contribution in [3.05, 3.63) is 17.5 Å². The van der Waals surface area contributed by atoms with Gasteiger partial charge in [-0.05, 0) is 18.8 Å². The molecule has 0 radical (unpaired) electrons. The van der Waals surface area contributed by atoms with Crippen LogP contribution in [0.4, 0.5) is 0 Å². The third kappa shape index (κ3) is 6.16. The summed E-state index contributed by atoms with van der Waals surface area (Å²) < 4.78 is 5.25. The average Bonchev–Trinajstić information content (AvgIpc) is 3.26. The maximum absolute atomic E-state index is 12.3. The van der Waals surface area contributed by atoms with E-state index in [2.05, 4.69) is 5.16 Å². The lowest BCUT2D eigenvalue weighted by atomic mass is 10.1. The number of hydrogen-bond donors (Lipinski definition) is 1. The Morgan fingerprint density at radius 1 is 1.24 bits per heavy atom. The van der Waals surface area contributed by atoms with E-state index in [1.54, 1.807) is 14.1 Å². The van der Waals surface area contributed by atoms with Crippen molar-refractivity contribution in [1.82, 2.24) is 15.0 Å². The van der Waals surface area contributed by atoms with Gasteiger partial charge in [0.1, 0.15) is 5.76 Å². The first kappa shape index (κ1) is 19.4. The van der Waals surface area contributed by atoms with Gasteiger partial charge in [0.25, 0.3) is 0 Å². The third-order valence-electron chi connectivity index (χ3n) is 4.29. The number of likely N-dealkylation sites (N-methyl/N-ethyl adjacent to an activating group) is 2. The lowest BCUT2D eigenvalue weighted by Crippen LogP contribution is -2.42. The van der Waals surface area contributed by atoms with Gasteiger partial charge in [0.15, 0.2) is 0 Å². The molecule has 0 spiro atoms. The van der Waals surface area contributed by atoms with Crippen molar-refractivity contribution in [3.8, 4) is 0 Å². The summed E-state index contributed by atoms with van der Waals surface area (Å²) in [4.78, 5) is 27.2. The van der Waals surface area contributed by atoms with E-state index in [0.29, 0.717) is 18.0 Å². The number of carbonyl (C=O) groups is 2. The second-order valence-corrected chi connectivity index (χ2v) is 7.47. The number of rotatable bonds is 9. The van der Waals surface area contributed by atoms with Crippen molar-refractivity contribution >= 4 is 11.8 Å². The minimum atomic E-state index is -0.783. The van der Waals surface area contributed by atoms with E-state index in [4.69, 9.17) is 4.52 Å². The van der Waals surface area contributed by atoms with Crippen molar-refractivity contribution in [2.45, 2.75) is 51.6 Å². The van der Waals surface area contributed by atoms with Crippen LogP contribution in [0.5, 0.6) is 0 Å². The Morgan fingerprint density at radius 2 is 1.84 bits per heavy atom. The van der Waals surface area contributed by atoms with Crippen LogP contribution in [-0.2, 0) is 16.0 Å². The number of aromatic nitrogens is 1. The van der Waals surface area contributed by atoms with E-state index < -0.39 is 6.10 Å². The first-order chi connectivity index (χ1) is 11.8. The zero-order valence-electron chi connectivity index (χ0n) is 15.6. The van der Waals surface area contributed by atoms with Crippen molar-refractivity contribution in [2.75, 3.05) is 27.2 Å². The second-order valence-electron chi connectivity index (χ2n) is 7.47. The first-order valence-electron chi connectivity index (χ1n) is 8.87. The first-order valence-corrected chi connectivity index (χ1v) is 8.87. The van der Waals surface area contributed by atoms with Crippen LogP contribution in [0.15, 0.2) is 10.6 Å². The summed E-state index contributed by atoms with van der Waals surface area (Å²) in [6.45, 7) is 4.34. The van der Waals surface area contributed by atoms with Crippen LogP contribution in [0.3, 0.4) is 0 Å². The topological polar surface area (TPSA) is 86.9 Å². The molecule has 1 saturated carbocycles. The Bertz CT molecular complexity index is 595. The van der Waals surface area contributed by atoms with Gasteiger partial charge in [-0.25, -0.2) is 0 Å². The Balaban J connectivity index is 1.75. The minimum Gasteiger partial charge on any atom is -0.389 e. The fourth-order valence-electron chi connectivity index (χ4n) is 2.66. The summed E-state index contributed by atoms with van der Waals surface area (Å²) in [6, 6.07) is 1.85. The summed E-state index contributed by atoms with van der Waals surface area (Å²) in [5.74, 6) is 1.47. The lowest BCUT2D eigenvalue weighted by Gasteiger charge is -2.25. The van der Waals surface area contributed by atoms with E-state index in [0.717, 1.165) is 18.6 Å². The summed E-state index contributed by atoms with van der Waals surface area (Å²) in [7, 11) is 3.31. The molecular weight excluding hydrogens is 322 g/mol. The molecule has 1 atom stereocenters. The second kappa shape index (κ2) is 8.47. The average molecular weight is 351 g/mol. The molecule has 0 aliphatic heterocycles. The lowest BCUT2D eigenvalue weighted by molar-refractivity contribution is -0.133. The van der Waals surface area contributed by atoms with Gasteiger partial charge in [-0.1, -0.05) is 19.0 Å². The highest BCUT2D eigenvalue weighted by Gasteiger charge is 2.28. The zero-order chi connectivity index (χ0) is 18.6. The third-order valence-corrected chi connectivity index (χ3v) is 4.29. The molecule has 1 heterocycles. The Hall–Kier alpha value is -1.89. The quantitative estimate of drug-likeness (QED) is 0.727. The van der Waals surface area contributed by atoms with Crippen LogP contribution in [-0.4, -0.2) is 65.2 Å². The molecule has 1 fully saturated rings. The highest BCUT2D eigenvalue weighted by atomic mass is 16.5. The molecule has 1 aliphatic rings. The fraction of sp³-hybridized carbons (Fsp3) is 0.722. The number of amides is 2. The van der Waals surface area contributed by atoms with Gasteiger partial charge in [0.2, 0.25) is 11.8 Å². The predicted octanol–water partition coefficient (Wildman–Crippen LogP) is 1.42. The number of aliphatic hydroxyl groups is 1. The van der Waals surface area contributed by atoms with Crippen LogP contribution < -0.4 is 0 Å². The Morgan fingerprint density at radius 3 is 2.40 bits per heavy atom. The van der Waals surface area contributed by atoms with E-state index in [-0.39, 0.29) is 37.2 Å². The summed E-state index contributed by atoms with van der Waals surface area (Å²) >= 11 is 0. The SMILES string of the molecule is CC(C)CC(=O)N(C)CC(O)CN(C)C(=O)Cc1cc(C2CC2)on1. The van der Waals surface area contributed by atoms with Gasteiger partial charge < -0.3 is 19.4 Å². The number of aliphatic hydroxyl groups excluding tert-OH is 1. The molecule has 0 aromatic carbocycles. The monoisotopic (exact) mass is 351 g/mol. The number of hydrogen-bond acceptors (Lipinski definition) is 5. The smallest absolute Gasteiger partial charge is 0.228 e. The fourth-order valence-corrected chi connectivity index (χ4v) is 2.66. The van der Waals surface area contributed by atoms with Gasteiger partial charge >= 0.3 is 0 Å². The molecule has 0 bridgehead atoms. The van der Waals surface area contributed by atoms with Crippen LogP contribution in [0.25, 0.3) is 0 Å². The maximum Gasteiger partial charge on any atom is 0.228 e. The van der Waals surface area contributed by atoms with Gasteiger partial charge in [-0.2, -0.15) is 0 Å². The molecule has 140 valence electrons. The van der Waals surface area contributed by atoms with Gasteiger partial charge in [0.05, 0.1) is 18.2 Å². The van der Waals surface area contributed by atoms with Crippen LogP contribution in [0.1, 0.15) is 50.5 Å². The number of nitrogens with zero attached hydrogens (tertiary/aromatic N) is 3. The van der Waals surface area contributed by atoms with E-state index in [9.17, 15) is 14.7 Å². The van der Waals surface area contributed by atoms with Crippen molar-refractivity contribution in [3.63, 3.8) is 0 Å². The largest absolute Gasteiger partial charge is 0.389 e. The van der Waals surface area contributed by atoms with Crippen LogP contribution >= 0.6 is 0 Å². The van der Waals surface area contributed by atoms with Gasteiger partial charge in [-0.15, -0.1) is 0 Å². The summed E-state index contributed by atoms with van der Waals surface area (Å²) in [5, 5.41) is 14.1. The van der Waals surface area contributed by atoms with Crippen LogP contribution in [0.2, 0.25) is 0 Å². The number of carbonyl (C=O) groups excluding carboxylic acids is 2. The van der Waals surface area contributed by atoms with Gasteiger partial charge in [0, 0.05) is 45.6 Å². The Kier molecular flexibility index (Phi) is 6.58. The molecular formula is C18H29N3O4. The molecule has 0 saturated heterocycles. The molecule has 25 heavy (non-hydrogen) atoms. The molecule has 1 aromatic rings. The Labute approximate surface area is 149 Å². The van der Waals surface area contributed by atoms with Crippen LogP contribution in [0, 0.1) is 5.92 Å². The molecule has 1 aromatic heterocycles. The standard InChI is InChI=1S/C18H29N3O4/c1-12(2)7-17(23)20(3)10-15(22)11-21(4)18(24)9-14-8-16(25-19-14)13-5-6-13/h8,12-13,15,22H,5-7,9-11H2,1-4H3. The molecule has 1 N–H and O–H groups in total. The molecule has 1 unspecified atom stereocenters. The van der Waals surface area contributed by atoms with Crippen molar-refractivity contribution in [1.29, 1.82) is 0 Å². The zero-order valence-corrected chi connectivity index (χ0v) is 15.6. The van der Waals surface area contributed by atoms with Crippen molar-refractivity contribution < 1.29 is 19.2 Å². The van der Waals surface area contributed by atoms with Gasteiger partial charge in [-0.3, -0.25) is 9.59 Å². The highest BCUT2D eigenvalue weighted by Crippen LogP contribution is 2.40. The molecule has 2 amide bonds. The summed E-state index contributed by atoms with van der Waals surface area (Å²) in [6.07, 6.45) is 2.07. The predicted molar refractivity (Wildman–Crippen MR) is 92.9 cm³/mol. The normalized spacial score (nSPS) is 15.3. The van der Waals surface area contributed by atoms with Crippen molar-refractivity contribution in [2.24, 2.45) is 5.92 Å². The summed E-state index contributed by atoms with van der Waals surface area (Å²) in [5.41, 5.74) is 0.623. The van der Waals surface area contributed by atoms with E-state index in [1.165, 1.54) is 9.80 Å². The minimum absolute atomic E-state index is 0.00164. The molecule has 7 nitrogen and oxygen atoms in total. The molecule has 7 heteroatoms. The molecule has 1 aliphatic carbocycles. The van der Waals surface area contributed by atoms with E-state index >= 15 is 0 Å².